The van der Waals surface area contributed by atoms with E-state index in [1.807, 2.05) is 18.2 Å². The molecule has 0 fully saturated rings. The Morgan fingerprint density at radius 3 is 2.62 bits per heavy atom. The number of nitrogens with zero attached hydrogens (tertiary/aromatic N) is 1. The van der Waals surface area contributed by atoms with Gasteiger partial charge in [-0.15, -0.1) is 0 Å². The van der Waals surface area contributed by atoms with Crippen molar-refractivity contribution in [2.24, 2.45) is 0 Å². The molecule has 1 aromatic heterocycles. The number of rotatable bonds is 7. The van der Waals surface area contributed by atoms with E-state index in [4.69, 9.17) is 0 Å². The van der Waals surface area contributed by atoms with Crippen LogP contribution in [-0.2, 0) is 17.8 Å². The van der Waals surface area contributed by atoms with Crippen molar-refractivity contribution in [3.8, 4) is 0 Å². The summed E-state index contributed by atoms with van der Waals surface area (Å²) in [6.07, 6.45) is 4.51. The number of aryl methyl sites for hydroxylation is 2. The first-order valence-electron chi connectivity index (χ1n) is 8.59. The van der Waals surface area contributed by atoms with Crippen LogP contribution < -0.4 is 5.32 Å². The number of fused-ring (bicyclic) bond motifs is 1. The summed E-state index contributed by atoms with van der Waals surface area (Å²) in [5.74, 6) is 0.119. The fourth-order valence-electron chi connectivity index (χ4n) is 3.00. The smallest absolute Gasteiger partial charge is 0.221 e. The molecule has 2 aromatic carbocycles. The van der Waals surface area contributed by atoms with Crippen LogP contribution in [0.25, 0.3) is 10.9 Å². The van der Waals surface area contributed by atoms with Crippen LogP contribution in [0.3, 0.4) is 0 Å². The van der Waals surface area contributed by atoms with Crippen LogP contribution in [0.4, 0.5) is 0 Å². The Kier molecular flexibility index (Phi) is 5.32. The summed E-state index contributed by atoms with van der Waals surface area (Å²) >= 11 is 0. The molecule has 0 saturated heterocycles. The van der Waals surface area contributed by atoms with Crippen molar-refractivity contribution in [3.05, 3.63) is 72.4 Å². The molecule has 3 nitrogen and oxygen atoms in total. The van der Waals surface area contributed by atoms with E-state index >= 15 is 0 Å². The Morgan fingerprint density at radius 2 is 1.79 bits per heavy atom. The van der Waals surface area contributed by atoms with E-state index in [1.54, 1.807) is 0 Å². The van der Waals surface area contributed by atoms with Gasteiger partial charge in [0.2, 0.25) is 5.91 Å². The van der Waals surface area contributed by atoms with Gasteiger partial charge in [0.25, 0.3) is 0 Å². The average molecular weight is 320 g/mol. The molecule has 0 aliphatic rings. The number of aromatic nitrogens is 1. The fourth-order valence-corrected chi connectivity index (χ4v) is 3.00. The van der Waals surface area contributed by atoms with Crippen molar-refractivity contribution in [1.82, 2.24) is 9.88 Å². The van der Waals surface area contributed by atoms with Gasteiger partial charge in [0.05, 0.1) is 0 Å². The number of carbonyl (C=O) groups excluding carboxylic acids is 1. The van der Waals surface area contributed by atoms with Gasteiger partial charge in [-0.1, -0.05) is 48.5 Å². The first kappa shape index (κ1) is 16.3. The van der Waals surface area contributed by atoms with Crippen LogP contribution in [0.15, 0.2) is 66.9 Å². The minimum Gasteiger partial charge on any atom is -0.354 e. The van der Waals surface area contributed by atoms with Gasteiger partial charge in [0.15, 0.2) is 0 Å². The summed E-state index contributed by atoms with van der Waals surface area (Å²) in [6.45, 7) is 2.79. The van der Waals surface area contributed by atoms with Gasteiger partial charge in [-0.25, -0.2) is 0 Å². The number of amides is 1. The molecular formula is C21H24N2O. The third-order valence-corrected chi connectivity index (χ3v) is 4.38. The molecule has 1 amide bonds. The highest BCUT2D eigenvalue weighted by molar-refractivity contribution is 5.80. The SMILES string of the molecule is CC(CCc1ccccc1)NC(=O)CCn1ccc2ccccc21. The van der Waals surface area contributed by atoms with E-state index in [0.29, 0.717) is 13.0 Å². The molecule has 24 heavy (non-hydrogen) atoms. The molecule has 0 saturated carbocycles. The zero-order chi connectivity index (χ0) is 16.8. The van der Waals surface area contributed by atoms with E-state index in [0.717, 1.165) is 12.8 Å². The van der Waals surface area contributed by atoms with E-state index in [1.165, 1.54) is 16.5 Å². The minimum absolute atomic E-state index is 0.119. The van der Waals surface area contributed by atoms with Crippen LogP contribution >= 0.6 is 0 Å². The minimum atomic E-state index is 0.119. The number of hydrogen-bond donors (Lipinski definition) is 1. The molecule has 1 heterocycles. The molecule has 3 heteroatoms. The van der Waals surface area contributed by atoms with E-state index in [-0.39, 0.29) is 11.9 Å². The van der Waals surface area contributed by atoms with Crippen molar-refractivity contribution in [2.75, 3.05) is 0 Å². The number of carbonyl (C=O) groups is 1. The molecular weight excluding hydrogens is 296 g/mol. The van der Waals surface area contributed by atoms with Crippen molar-refractivity contribution >= 4 is 16.8 Å². The highest BCUT2D eigenvalue weighted by Gasteiger charge is 2.08. The highest BCUT2D eigenvalue weighted by Crippen LogP contribution is 2.15. The molecule has 1 N–H and O–H groups in total. The normalized spacial score (nSPS) is 12.2. The van der Waals surface area contributed by atoms with Gasteiger partial charge < -0.3 is 9.88 Å². The molecule has 3 rings (SSSR count). The monoisotopic (exact) mass is 320 g/mol. The van der Waals surface area contributed by atoms with Crippen LogP contribution in [0.1, 0.15) is 25.3 Å². The maximum Gasteiger partial charge on any atom is 0.221 e. The summed E-state index contributed by atoms with van der Waals surface area (Å²) < 4.78 is 2.14. The second-order valence-electron chi connectivity index (χ2n) is 6.31. The third kappa shape index (κ3) is 4.25. The molecule has 0 aliphatic heterocycles. The summed E-state index contributed by atoms with van der Waals surface area (Å²) in [4.78, 5) is 12.2. The first-order chi connectivity index (χ1) is 11.7. The average Bonchev–Trinajstić information content (AvgIpc) is 3.02. The topological polar surface area (TPSA) is 34.0 Å². The van der Waals surface area contributed by atoms with Gasteiger partial charge in [-0.2, -0.15) is 0 Å². The Morgan fingerprint density at radius 1 is 1.04 bits per heavy atom. The summed E-state index contributed by atoms with van der Waals surface area (Å²) in [5, 5.41) is 4.33. The molecule has 3 aromatic rings. The van der Waals surface area contributed by atoms with Crippen molar-refractivity contribution in [3.63, 3.8) is 0 Å². The largest absolute Gasteiger partial charge is 0.354 e. The number of benzene rings is 2. The Balaban J connectivity index is 1.45. The van der Waals surface area contributed by atoms with E-state index < -0.39 is 0 Å². The molecule has 124 valence electrons. The Hall–Kier alpha value is -2.55. The molecule has 0 spiro atoms. The number of para-hydroxylation sites is 1. The van der Waals surface area contributed by atoms with Crippen LogP contribution in [0.2, 0.25) is 0 Å². The lowest BCUT2D eigenvalue weighted by Gasteiger charge is -2.14. The summed E-state index contributed by atoms with van der Waals surface area (Å²) in [6, 6.07) is 20.9. The van der Waals surface area contributed by atoms with Crippen LogP contribution in [0, 0.1) is 0 Å². The van der Waals surface area contributed by atoms with Gasteiger partial charge in [0.1, 0.15) is 0 Å². The molecule has 0 radical (unpaired) electrons. The second kappa shape index (κ2) is 7.82. The molecule has 1 unspecified atom stereocenters. The second-order valence-corrected chi connectivity index (χ2v) is 6.31. The predicted molar refractivity (Wildman–Crippen MR) is 98.9 cm³/mol. The lowest BCUT2D eigenvalue weighted by Crippen LogP contribution is -2.33. The lowest BCUT2D eigenvalue weighted by atomic mass is 10.1. The summed E-state index contributed by atoms with van der Waals surface area (Å²) in [5.41, 5.74) is 2.50. The van der Waals surface area contributed by atoms with Crippen LogP contribution in [-0.4, -0.2) is 16.5 Å². The summed E-state index contributed by atoms with van der Waals surface area (Å²) in [7, 11) is 0. The zero-order valence-corrected chi connectivity index (χ0v) is 14.1. The quantitative estimate of drug-likeness (QED) is 0.696. The van der Waals surface area contributed by atoms with Gasteiger partial charge >= 0.3 is 0 Å². The van der Waals surface area contributed by atoms with Crippen molar-refractivity contribution < 1.29 is 4.79 Å². The maximum absolute atomic E-state index is 12.2. The number of nitrogens with one attached hydrogen (secondary N) is 1. The lowest BCUT2D eigenvalue weighted by molar-refractivity contribution is -0.121. The third-order valence-electron chi connectivity index (χ3n) is 4.38. The highest BCUT2D eigenvalue weighted by atomic mass is 16.1. The Bertz CT molecular complexity index is 792. The number of hydrogen-bond acceptors (Lipinski definition) is 1. The molecule has 1 atom stereocenters. The maximum atomic E-state index is 12.2. The van der Waals surface area contributed by atoms with Crippen LogP contribution in [0.5, 0.6) is 0 Å². The molecule has 0 aliphatic carbocycles. The van der Waals surface area contributed by atoms with Crippen molar-refractivity contribution in [2.45, 2.75) is 38.8 Å². The van der Waals surface area contributed by atoms with E-state index in [2.05, 4.69) is 65.5 Å². The first-order valence-corrected chi connectivity index (χ1v) is 8.59. The molecule has 0 bridgehead atoms. The van der Waals surface area contributed by atoms with Gasteiger partial charge in [0, 0.05) is 30.7 Å². The van der Waals surface area contributed by atoms with Gasteiger partial charge in [-0.3, -0.25) is 4.79 Å². The van der Waals surface area contributed by atoms with E-state index in [9.17, 15) is 4.79 Å². The standard InChI is InChI=1S/C21H24N2O/c1-17(11-12-18-7-3-2-4-8-18)22-21(24)14-16-23-15-13-19-9-5-6-10-20(19)23/h2-10,13,15,17H,11-12,14,16H2,1H3,(H,22,24). The van der Waals surface area contributed by atoms with Crippen molar-refractivity contribution in [1.29, 1.82) is 0 Å². The fraction of sp³-hybridized carbons (Fsp3) is 0.286. The predicted octanol–water partition coefficient (Wildman–Crippen LogP) is 4.17. The Labute approximate surface area is 143 Å². The zero-order valence-electron chi connectivity index (χ0n) is 14.1. The van der Waals surface area contributed by atoms with Gasteiger partial charge in [-0.05, 0) is 42.8 Å².